The molecule has 1 saturated heterocycles. The quantitative estimate of drug-likeness (QED) is 0.485. The molecule has 1 aliphatic heterocycles. The molecule has 0 aliphatic carbocycles. The molecule has 1 amide bonds. The average Bonchev–Trinajstić information content (AvgIpc) is 3.21. The summed E-state index contributed by atoms with van der Waals surface area (Å²) in [5.74, 6) is -0.235. The molecule has 0 unspecified atom stereocenters. The first-order valence-corrected chi connectivity index (χ1v) is 13.6. The number of piperidine rings is 1. The molecule has 9 heteroatoms. The zero-order chi connectivity index (χ0) is 22.8. The van der Waals surface area contributed by atoms with E-state index in [0.29, 0.717) is 24.8 Å². The van der Waals surface area contributed by atoms with Gasteiger partial charge in [0.1, 0.15) is 0 Å². The Hall–Kier alpha value is -2.00. The van der Waals surface area contributed by atoms with Gasteiger partial charge < -0.3 is 4.57 Å². The first kappa shape index (κ1) is 23.2. The summed E-state index contributed by atoms with van der Waals surface area (Å²) in [5.41, 5.74) is 0. The number of halogens is 1. The number of aryl methyl sites for hydroxylation is 1. The van der Waals surface area contributed by atoms with Crippen molar-refractivity contribution in [1.82, 2.24) is 4.57 Å². The highest BCUT2D eigenvalue weighted by Crippen LogP contribution is 2.25. The number of sulfone groups is 1. The van der Waals surface area contributed by atoms with Crippen LogP contribution in [0.15, 0.2) is 57.9 Å². The summed E-state index contributed by atoms with van der Waals surface area (Å²) in [4.78, 5) is 19.1. The van der Waals surface area contributed by atoms with Crippen LogP contribution in [0.5, 0.6) is 0 Å². The van der Waals surface area contributed by atoms with Crippen molar-refractivity contribution < 1.29 is 17.7 Å². The van der Waals surface area contributed by atoms with Crippen molar-refractivity contribution in [3.63, 3.8) is 0 Å². The summed E-state index contributed by atoms with van der Waals surface area (Å²) in [6, 6.07) is 10.4. The number of rotatable bonds is 6. The summed E-state index contributed by atoms with van der Waals surface area (Å²) in [6.45, 7) is 1.80. The predicted octanol–water partition coefficient (Wildman–Crippen LogP) is 4.14. The van der Waals surface area contributed by atoms with Gasteiger partial charge in [-0.05, 0) is 54.3 Å². The minimum absolute atomic E-state index is 0.00687. The van der Waals surface area contributed by atoms with E-state index in [1.165, 1.54) is 11.3 Å². The van der Waals surface area contributed by atoms with Crippen LogP contribution in [-0.4, -0.2) is 48.9 Å². The second-order valence-corrected chi connectivity index (χ2v) is 11.8. The predicted molar refractivity (Wildman–Crippen MR) is 128 cm³/mol. The second-order valence-electron chi connectivity index (χ2n) is 8.36. The number of amides is 1. The molecule has 0 bridgehead atoms. The molecule has 0 radical (unpaired) electrons. The maximum atomic E-state index is 13.3. The molecule has 3 aromatic rings. The number of carbonyl (C=O) groups excluding carboxylic acids is 1. The first-order chi connectivity index (χ1) is 15.3. The number of fused-ring (bicyclic) bond motifs is 1. The normalized spacial score (nSPS) is 17.0. The van der Waals surface area contributed by atoms with Crippen molar-refractivity contribution in [1.29, 1.82) is 0 Å². The standard InChI is InChI=1S/C23H27ClN3O3S2/c1-26-10-13-31-23(26)25-17-27(11-3-2-4-12-27)22(28)9-14-32(29,30)21-8-6-18-15-20(24)7-5-19(18)16-21/h5-8,10,13,15-16H,2-4,9,11-12,14,17H2,1H3/q+1. The number of hydrogen-bond acceptors (Lipinski definition) is 5. The fraction of sp³-hybridized carbons (Fsp3) is 0.391. The molecule has 1 fully saturated rings. The van der Waals surface area contributed by atoms with Crippen molar-refractivity contribution >= 4 is 49.5 Å². The zero-order valence-corrected chi connectivity index (χ0v) is 20.4. The largest absolute Gasteiger partial charge is 0.327 e. The highest BCUT2D eigenvalue weighted by molar-refractivity contribution is 7.91. The molecule has 170 valence electrons. The van der Waals surface area contributed by atoms with E-state index in [1.54, 1.807) is 30.3 Å². The Bertz CT molecular complexity index is 1310. The number of carbonyl (C=O) groups is 1. The molecule has 32 heavy (non-hydrogen) atoms. The van der Waals surface area contributed by atoms with Gasteiger partial charge in [-0.1, -0.05) is 23.7 Å². The molecule has 0 saturated carbocycles. The van der Waals surface area contributed by atoms with Gasteiger partial charge in [-0.25, -0.2) is 22.7 Å². The summed E-state index contributed by atoms with van der Waals surface area (Å²) < 4.78 is 28.2. The van der Waals surface area contributed by atoms with Crippen LogP contribution in [0.2, 0.25) is 5.02 Å². The van der Waals surface area contributed by atoms with Gasteiger partial charge in [0.2, 0.25) is 0 Å². The third kappa shape index (κ3) is 4.98. The molecule has 0 N–H and O–H groups in total. The summed E-state index contributed by atoms with van der Waals surface area (Å²) >= 11 is 7.56. The van der Waals surface area contributed by atoms with Crippen molar-refractivity contribution in [3.05, 3.63) is 57.8 Å². The van der Waals surface area contributed by atoms with Gasteiger partial charge in [0.05, 0.1) is 30.2 Å². The molecule has 2 heterocycles. The van der Waals surface area contributed by atoms with E-state index >= 15 is 0 Å². The van der Waals surface area contributed by atoms with Crippen LogP contribution < -0.4 is 4.80 Å². The van der Waals surface area contributed by atoms with E-state index in [-0.39, 0.29) is 27.5 Å². The van der Waals surface area contributed by atoms with Gasteiger partial charge in [0, 0.05) is 23.6 Å². The van der Waals surface area contributed by atoms with Gasteiger partial charge >= 0.3 is 5.91 Å². The fourth-order valence-electron chi connectivity index (χ4n) is 4.23. The minimum atomic E-state index is -3.58. The lowest BCUT2D eigenvalue weighted by Gasteiger charge is -2.37. The lowest BCUT2D eigenvalue weighted by molar-refractivity contribution is -0.859. The zero-order valence-electron chi connectivity index (χ0n) is 18.0. The average molecular weight is 493 g/mol. The van der Waals surface area contributed by atoms with Gasteiger partial charge in [0.15, 0.2) is 21.3 Å². The number of likely N-dealkylation sites (tertiary alicyclic amines) is 1. The molecule has 1 aliphatic rings. The van der Waals surface area contributed by atoms with Crippen molar-refractivity contribution in [2.24, 2.45) is 12.0 Å². The number of hydrogen-bond donors (Lipinski definition) is 0. The molecule has 0 spiro atoms. The Morgan fingerprint density at radius 2 is 1.84 bits per heavy atom. The molecule has 6 nitrogen and oxygen atoms in total. The monoisotopic (exact) mass is 492 g/mol. The molecule has 0 atom stereocenters. The van der Waals surface area contributed by atoms with E-state index < -0.39 is 9.84 Å². The SMILES string of the molecule is Cn1ccsc1=NC[N+]1(C(=O)CCS(=O)(=O)c2ccc3cc(Cl)ccc3c2)CCCCC1. The van der Waals surface area contributed by atoms with Crippen molar-refractivity contribution in [3.8, 4) is 0 Å². The van der Waals surface area contributed by atoms with Crippen molar-refractivity contribution in [2.75, 3.05) is 25.5 Å². The maximum absolute atomic E-state index is 13.3. The van der Waals surface area contributed by atoms with Crippen LogP contribution in [0, 0.1) is 0 Å². The fourth-order valence-corrected chi connectivity index (χ4v) is 6.39. The van der Waals surface area contributed by atoms with E-state index in [9.17, 15) is 13.2 Å². The smallest absolute Gasteiger partial charge is 0.316 e. The number of quaternary nitrogens is 1. The van der Waals surface area contributed by atoms with Crippen LogP contribution in [0.3, 0.4) is 0 Å². The van der Waals surface area contributed by atoms with Crippen LogP contribution in [0.25, 0.3) is 10.8 Å². The van der Waals surface area contributed by atoms with E-state index in [0.717, 1.165) is 34.8 Å². The first-order valence-electron chi connectivity index (χ1n) is 10.7. The van der Waals surface area contributed by atoms with E-state index in [4.69, 9.17) is 16.6 Å². The number of aromatic nitrogens is 1. The van der Waals surface area contributed by atoms with E-state index in [1.807, 2.05) is 29.3 Å². The Morgan fingerprint density at radius 1 is 1.12 bits per heavy atom. The maximum Gasteiger partial charge on any atom is 0.316 e. The molecular weight excluding hydrogens is 466 g/mol. The number of nitrogens with zero attached hydrogens (tertiary/aromatic N) is 3. The molecule has 1 aromatic heterocycles. The highest BCUT2D eigenvalue weighted by atomic mass is 35.5. The molecule has 2 aromatic carbocycles. The molecule has 4 rings (SSSR count). The third-order valence-electron chi connectivity index (χ3n) is 6.16. The van der Waals surface area contributed by atoms with Crippen LogP contribution in [-0.2, 0) is 21.7 Å². The highest BCUT2D eigenvalue weighted by Gasteiger charge is 2.38. The Labute approximate surface area is 197 Å². The third-order valence-corrected chi connectivity index (χ3v) is 8.99. The topological polar surface area (TPSA) is 68.5 Å². The van der Waals surface area contributed by atoms with Crippen LogP contribution >= 0.6 is 22.9 Å². The van der Waals surface area contributed by atoms with Crippen LogP contribution in [0.1, 0.15) is 25.7 Å². The summed E-state index contributed by atoms with van der Waals surface area (Å²) in [5, 5.41) is 4.26. The minimum Gasteiger partial charge on any atom is -0.327 e. The molecular formula is C23H27ClN3O3S2+. The van der Waals surface area contributed by atoms with Crippen molar-refractivity contribution in [2.45, 2.75) is 30.6 Å². The van der Waals surface area contributed by atoms with Crippen LogP contribution in [0.4, 0.5) is 0 Å². The van der Waals surface area contributed by atoms with Gasteiger partial charge in [-0.2, -0.15) is 0 Å². The van der Waals surface area contributed by atoms with Gasteiger partial charge in [-0.15, -0.1) is 11.3 Å². The van der Waals surface area contributed by atoms with Gasteiger partial charge in [-0.3, -0.25) is 0 Å². The number of thiazole rings is 1. The lowest BCUT2D eigenvalue weighted by atomic mass is 10.1. The Kier molecular flexibility index (Phi) is 6.86. The summed E-state index contributed by atoms with van der Waals surface area (Å²) in [6.07, 6.45) is 4.94. The summed E-state index contributed by atoms with van der Waals surface area (Å²) in [7, 11) is -1.65. The lowest BCUT2D eigenvalue weighted by Crippen LogP contribution is -2.56. The Morgan fingerprint density at radius 3 is 2.56 bits per heavy atom. The second kappa shape index (κ2) is 9.47. The van der Waals surface area contributed by atoms with E-state index in [2.05, 4.69) is 0 Å². The van der Waals surface area contributed by atoms with Gasteiger partial charge in [0.25, 0.3) is 0 Å². The number of benzene rings is 2. The Balaban J connectivity index is 1.52.